The molecule has 35 heavy (non-hydrogen) atoms. The second-order valence-corrected chi connectivity index (χ2v) is 9.34. The number of hydrogen-bond donors (Lipinski definition) is 0. The summed E-state index contributed by atoms with van der Waals surface area (Å²) in [6.07, 6.45) is -0.781. The van der Waals surface area contributed by atoms with Crippen molar-refractivity contribution in [1.29, 1.82) is 0 Å². The molecule has 3 aromatic rings. The van der Waals surface area contributed by atoms with Gasteiger partial charge in [-0.25, -0.2) is 0 Å². The molecule has 2 aliphatic heterocycles. The number of para-hydroxylation sites is 2. The lowest BCUT2D eigenvalue weighted by Crippen LogP contribution is -2.38. The quantitative estimate of drug-likeness (QED) is 0.367. The molecule has 0 spiro atoms. The highest BCUT2D eigenvalue weighted by Crippen LogP contribution is 2.48. The zero-order valence-corrected chi connectivity index (χ0v) is 19.8. The molecule has 0 saturated carbocycles. The van der Waals surface area contributed by atoms with Gasteiger partial charge in [0.2, 0.25) is 0 Å². The molecule has 0 aromatic heterocycles. The lowest BCUT2D eigenvalue weighted by atomic mass is 10.1. The van der Waals surface area contributed by atoms with Gasteiger partial charge in [0, 0.05) is 22.8 Å². The van der Waals surface area contributed by atoms with Crippen LogP contribution in [0.4, 0.5) is 11.4 Å². The van der Waals surface area contributed by atoms with Crippen molar-refractivity contribution in [2.75, 3.05) is 11.4 Å². The minimum absolute atomic E-state index is 0.0198. The van der Waals surface area contributed by atoms with Gasteiger partial charge in [-0.15, -0.1) is 0 Å². The molecule has 1 unspecified atom stereocenters. The Balaban J connectivity index is 1.21. The van der Waals surface area contributed by atoms with Crippen molar-refractivity contribution in [3.05, 3.63) is 83.9 Å². The minimum Gasteiger partial charge on any atom is -0.453 e. The van der Waals surface area contributed by atoms with Crippen LogP contribution in [0.3, 0.4) is 0 Å². The van der Waals surface area contributed by atoms with E-state index in [4.69, 9.17) is 4.74 Å². The van der Waals surface area contributed by atoms with Crippen molar-refractivity contribution >= 4 is 46.8 Å². The van der Waals surface area contributed by atoms with Crippen LogP contribution in [0.15, 0.2) is 82.6 Å². The van der Waals surface area contributed by atoms with Crippen molar-refractivity contribution in [1.82, 2.24) is 4.90 Å². The van der Waals surface area contributed by atoms with Crippen LogP contribution < -0.4 is 4.90 Å². The maximum Gasteiger partial charge on any atom is 0.306 e. The van der Waals surface area contributed by atoms with Crippen molar-refractivity contribution in [2.24, 2.45) is 0 Å². The second-order valence-electron chi connectivity index (χ2n) is 8.25. The summed E-state index contributed by atoms with van der Waals surface area (Å²) in [7, 11) is 0. The Hall–Kier alpha value is -3.91. The topological polar surface area (TPSA) is 84.0 Å². The van der Waals surface area contributed by atoms with E-state index in [0.29, 0.717) is 11.1 Å². The first-order valence-corrected chi connectivity index (χ1v) is 12.1. The maximum absolute atomic E-state index is 13.4. The summed E-state index contributed by atoms with van der Waals surface area (Å²) in [5.41, 5.74) is 2.24. The molecule has 0 radical (unpaired) electrons. The van der Waals surface area contributed by atoms with Gasteiger partial charge in [-0.2, -0.15) is 0 Å². The molecule has 0 saturated heterocycles. The van der Waals surface area contributed by atoms with E-state index in [1.807, 2.05) is 48.5 Å². The van der Waals surface area contributed by atoms with E-state index in [-0.39, 0.29) is 37.1 Å². The number of rotatable bonds is 6. The third-order valence-corrected chi connectivity index (χ3v) is 7.08. The van der Waals surface area contributed by atoms with Gasteiger partial charge >= 0.3 is 5.97 Å². The fourth-order valence-electron chi connectivity index (χ4n) is 4.25. The molecule has 3 amide bonds. The molecule has 2 heterocycles. The maximum atomic E-state index is 13.4. The largest absolute Gasteiger partial charge is 0.453 e. The zero-order valence-electron chi connectivity index (χ0n) is 19.0. The fraction of sp³-hybridized carbons (Fsp3) is 0.185. The number of carbonyl (C=O) groups is 4. The first kappa shape index (κ1) is 22.9. The number of esters is 1. The van der Waals surface area contributed by atoms with Crippen LogP contribution in [-0.4, -0.2) is 41.2 Å². The normalized spacial score (nSPS) is 14.8. The highest BCUT2D eigenvalue weighted by atomic mass is 32.2. The monoisotopic (exact) mass is 486 g/mol. The first-order chi connectivity index (χ1) is 17.0. The Kier molecular flexibility index (Phi) is 6.13. The van der Waals surface area contributed by atoms with E-state index < -0.39 is 12.1 Å². The Morgan fingerprint density at radius 2 is 1.34 bits per heavy atom. The third kappa shape index (κ3) is 4.21. The number of nitrogens with zero attached hydrogens (tertiary/aromatic N) is 2. The number of hydrogen-bond acceptors (Lipinski definition) is 6. The average molecular weight is 487 g/mol. The fourth-order valence-corrected chi connectivity index (χ4v) is 5.31. The van der Waals surface area contributed by atoms with E-state index >= 15 is 0 Å². The van der Waals surface area contributed by atoms with Gasteiger partial charge < -0.3 is 4.74 Å². The number of ether oxygens (including phenoxy) is 1. The standard InChI is InChI=1S/C27H22N2O5S/c1-17(25(31)29-20-11-4-6-13-22(20)35-23-14-7-5-12-21(23)29)34-24(30)15-8-16-28-26(32)18-9-2-3-10-19(18)27(28)33/h2-7,9-14,17H,8,15-16H2,1H3. The van der Waals surface area contributed by atoms with E-state index in [2.05, 4.69) is 0 Å². The number of imide groups is 1. The summed E-state index contributed by atoms with van der Waals surface area (Å²) < 4.78 is 5.45. The predicted octanol–water partition coefficient (Wildman–Crippen LogP) is 4.82. The van der Waals surface area contributed by atoms with Crippen LogP contribution in [0.1, 0.15) is 40.5 Å². The van der Waals surface area contributed by atoms with Crippen molar-refractivity contribution in [2.45, 2.75) is 35.7 Å². The van der Waals surface area contributed by atoms with Gasteiger partial charge in [0.1, 0.15) is 0 Å². The molecule has 8 heteroatoms. The van der Waals surface area contributed by atoms with E-state index in [0.717, 1.165) is 26.1 Å². The summed E-state index contributed by atoms with van der Waals surface area (Å²) in [4.78, 5) is 55.5. The Morgan fingerprint density at radius 3 is 1.91 bits per heavy atom. The predicted molar refractivity (Wildman–Crippen MR) is 131 cm³/mol. The smallest absolute Gasteiger partial charge is 0.306 e. The van der Waals surface area contributed by atoms with Crippen LogP contribution in [-0.2, 0) is 14.3 Å². The summed E-state index contributed by atoms with van der Waals surface area (Å²) >= 11 is 1.59. The summed E-state index contributed by atoms with van der Waals surface area (Å²) in [5, 5.41) is 0. The highest BCUT2D eigenvalue weighted by Gasteiger charge is 2.35. The molecule has 7 nitrogen and oxygen atoms in total. The van der Waals surface area contributed by atoms with Gasteiger partial charge in [0.25, 0.3) is 17.7 Å². The van der Waals surface area contributed by atoms with Crippen LogP contribution in [0.2, 0.25) is 0 Å². The summed E-state index contributed by atoms with van der Waals surface area (Å²) in [6.45, 7) is 1.66. The van der Waals surface area contributed by atoms with Crippen molar-refractivity contribution in [3.63, 3.8) is 0 Å². The number of amides is 3. The average Bonchev–Trinajstić information content (AvgIpc) is 3.11. The molecule has 0 N–H and O–H groups in total. The van der Waals surface area contributed by atoms with Gasteiger partial charge in [0.05, 0.1) is 22.5 Å². The second kappa shape index (κ2) is 9.38. The Bertz CT molecular complexity index is 1270. The first-order valence-electron chi connectivity index (χ1n) is 11.3. The highest BCUT2D eigenvalue weighted by molar-refractivity contribution is 7.99. The van der Waals surface area contributed by atoms with E-state index in [1.165, 1.54) is 0 Å². The number of carbonyl (C=O) groups excluding carboxylic acids is 4. The van der Waals surface area contributed by atoms with Crippen LogP contribution in [0, 0.1) is 0 Å². The SMILES string of the molecule is CC(OC(=O)CCCN1C(=O)c2ccccc2C1=O)C(=O)N1c2ccccc2Sc2ccccc21. The van der Waals surface area contributed by atoms with Gasteiger partial charge in [0.15, 0.2) is 6.10 Å². The lowest BCUT2D eigenvalue weighted by molar-refractivity contribution is -0.153. The molecule has 1 atom stereocenters. The van der Waals surface area contributed by atoms with Gasteiger partial charge in [-0.3, -0.25) is 29.0 Å². The molecular formula is C27H22N2O5S. The molecule has 3 aromatic carbocycles. The molecular weight excluding hydrogens is 464 g/mol. The number of anilines is 2. The van der Waals surface area contributed by atoms with Crippen LogP contribution in [0.5, 0.6) is 0 Å². The van der Waals surface area contributed by atoms with Crippen LogP contribution >= 0.6 is 11.8 Å². The molecule has 0 fully saturated rings. The molecule has 0 aliphatic carbocycles. The van der Waals surface area contributed by atoms with Gasteiger partial charge in [-0.05, 0) is 49.7 Å². The number of fused-ring (bicyclic) bond motifs is 3. The van der Waals surface area contributed by atoms with Crippen LogP contribution in [0.25, 0.3) is 0 Å². The van der Waals surface area contributed by atoms with E-state index in [1.54, 1.807) is 47.9 Å². The van der Waals surface area contributed by atoms with E-state index in [9.17, 15) is 19.2 Å². The number of benzene rings is 3. The van der Waals surface area contributed by atoms with Crippen molar-refractivity contribution in [3.8, 4) is 0 Å². The molecule has 176 valence electrons. The summed E-state index contributed by atoms with van der Waals surface area (Å²) in [6, 6.07) is 21.9. The van der Waals surface area contributed by atoms with Crippen molar-refractivity contribution < 1.29 is 23.9 Å². The summed E-state index contributed by atoms with van der Waals surface area (Å²) in [5.74, 6) is -1.63. The molecule has 5 rings (SSSR count). The Labute approximate surface area is 206 Å². The molecule has 0 bridgehead atoms. The molecule has 2 aliphatic rings. The minimum atomic E-state index is -1.01. The zero-order chi connectivity index (χ0) is 24.5. The third-order valence-electron chi connectivity index (χ3n) is 5.95. The van der Waals surface area contributed by atoms with Gasteiger partial charge in [-0.1, -0.05) is 48.2 Å². The Morgan fingerprint density at radius 1 is 0.829 bits per heavy atom. The lowest BCUT2D eigenvalue weighted by Gasteiger charge is -2.32.